The molecule has 174 valence electrons. The molecular weight excluding hydrogens is 515 g/mol. The van der Waals surface area contributed by atoms with E-state index in [4.69, 9.17) is 9.41 Å². The lowest BCUT2D eigenvalue weighted by molar-refractivity contribution is 0.572. The molecule has 2 heterocycles. The summed E-state index contributed by atoms with van der Waals surface area (Å²) in [5.74, 6) is 1.47. The molecule has 0 aliphatic rings. The van der Waals surface area contributed by atoms with E-state index in [-0.39, 0.29) is 30.0 Å². The van der Waals surface area contributed by atoms with Crippen LogP contribution in [0.15, 0.2) is 39.9 Å². The number of hydrogen-bond acceptors (Lipinski definition) is 4. The highest BCUT2D eigenvalue weighted by atomic mass is 127. The molecule has 1 aromatic carbocycles. The molecule has 3 aromatic rings. The van der Waals surface area contributed by atoms with Crippen molar-refractivity contribution in [2.75, 3.05) is 13.1 Å². The third kappa shape index (κ3) is 6.82. The van der Waals surface area contributed by atoms with E-state index in [1.807, 2.05) is 23.9 Å². The van der Waals surface area contributed by atoms with Gasteiger partial charge in [0.05, 0.1) is 11.4 Å². The predicted octanol–water partition coefficient (Wildman–Crippen LogP) is 4.35. The first-order valence-electron chi connectivity index (χ1n) is 10.9. The van der Waals surface area contributed by atoms with Crippen molar-refractivity contribution in [3.8, 4) is 11.5 Å². The third-order valence-corrected chi connectivity index (χ3v) is 5.38. The van der Waals surface area contributed by atoms with Crippen LogP contribution in [-0.2, 0) is 19.9 Å². The zero-order chi connectivity index (χ0) is 22.4. The van der Waals surface area contributed by atoms with Gasteiger partial charge in [-0.05, 0) is 58.7 Å². The SMILES string of the molecule is CCNC(=NCCc1coc(-c2ccc(C)cc2)n1)NC(C)Cc1c(C)nn(C)c1C.I. The number of aliphatic imine (C=N–C) groups is 1. The Kier molecular flexibility index (Phi) is 9.74. The van der Waals surface area contributed by atoms with Crippen molar-refractivity contribution >= 4 is 29.9 Å². The maximum absolute atomic E-state index is 5.65. The summed E-state index contributed by atoms with van der Waals surface area (Å²) in [6.45, 7) is 11.9. The molecule has 1 atom stereocenters. The largest absolute Gasteiger partial charge is 0.444 e. The summed E-state index contributed by atoms with van der Waals surface area (Å²) in [6, 6.07) is 8.42. The van der Waals surface area contributed by atoms with Gasteiger partial charge in [0.25, 0.3) is 0 Å². The fourth-order valence-corrected chi connectivity index (χ4v) is 3.56. The number of oxazole rings is 1. The topological polar surface area (TPSA) is 80.3 Å². The Morgan fingerprint density at radius 1 is 1.19 bits per heavy atom. The zero-order valence-electron chi connectivity index (χ0n) is 19.9. The predicted molar refractivity (Wildman–Crippen MR) is 141 cm³/mol. The molecule has 0 saturated carbocycles. The number of nitrogens with one attached hydrogen (secondary N) is 2. The van der Waals surface area contributed by atoms with Crippen molar-refractivity contribution in [2.24, 2.45) is 12.0 Å². The Morgan fingerprint density at radius 2 is 1.91 bits per heavy atom. The molecule has 0 aliphatic heterocycles. The average molecular weight is 550 g/mol. The Morgan fingerprint density at radius 3 is 2.53 bits per heavy atom. The molecule has 0 fully saturated rings. The molecule has 0 spiro atoms. The number of nitrogens with zero attached hydrogens (tertiary/aromatic N) is 4. The van der Waals surface area contributed by atoms with E-state index in [9.17, 15) is 0 Å². The summed E-state index contributed by atoms with van der Waals surface area (Å²) in [7, 11) is 1.99. The van der Waals surface area contributed by atoms with E-state index in [1.165, 1.54) is 16.8 Å². The van der Waals surface area contributed by atoms with Crippen LogP contribution in [-0.4, -0.2) is 39.9 Å². The van der Waals surface area contributed by atoms with Crippen LogP contribution in [0.2, 0.25) is 0 Å². The summed E-state index contributed by atoms with van der Waals surface area (Å²) in [6.07, 6.45) is 3.35. The molecule has 2 N–H and O–H groups in total. The fourth-order valence-electron chi connectivity index (χ4n) is 3.56. The fraction of sp³-hybridized carbons (Fsp3) is 0.458. The molecule has 32 heavy (non-hydrogen) atoms. The number of aromatic nitrogens is 3. The quantitative estimate of drug-likeness (QED) is 0.248. The Balaban J connectivity index is 0.00000363. The van der Waals surface area contributed by atoms with Gasteiger partial charge >= 0.3 is 0 Å². The van der Waals surface area contributed by atoms with Gasteiger partial charge in [-0.15, -0.1) is 24.0 Å². The molecule has 8 heteroatoms. The molecule has 0 saturated heterocycles. The summed E-state index contributed by atoms with van der Waals surface area (Å²) < 4.78 is 7.60. The second-order valence-corrected chi connectivity index (χ2v) is 8.04. The highest BCUT2D eigenvalue weighted by molar-refractivity contribution is 14.0. The monoisotopic (exact) mass is 550 g/mol. The average Bonchev–Trinajstić information content (AvgIpc) is 3.29. The zero-order valence-corrected chi connectivity index (χ0v) is 22.2. The van der Waals surface area contributed by atoms with Gasteiger partial charge in [0.15, 0.2) is 5.96 Å². The Hall–Kier alpha value is -2.36. The standard InChI is InChI=1S/C24H34N6O.HI/c1-7-25-24(27-17(3)14-22-18(4)29-30(6)19(22)5)26-13-12-21-15-31-23(28-21)20-10-8-16(2)9-11-20;/h8-11,15,17H,7,12-14H2,1-6H3,(H2,25,26,27);1H. The van der Waals surface area contributed by atoms with Crippen molar-refractivity contribution in [3.63, 3.8) is 0 Å². The number of hydrogen-bond donors (Lipinski definition) is 2. The van der Waals surface area contributed by atoms with Gasteiger partial charge in [-0.1, -0.05) is 17.7 Å². The maximum Gasteiger partial charge on any atom is 0.226 e. The summed E-state index contributed by atoms with van der Waals surface area (Å²) in [5.41, 5.74) is 6.71. The summed E-state index contributed by atoms with van der Waals surface area (Å²) in [5, 5.41) is 11.4. The normalized spacial score (nSPS) is 12.4. The van der Waals surface area contributed by atoms with Crippen LogP contribution in [0, 0.1) is 20.8 Å². The van der Waals surface area contributed by atoms with Gasteiger partial charge in [-0.25, -0.2) is 4.98 Å². The molecule has 3 rings (SSSR count). The highest BCUT2D eigenvalue weighted by Crippen LogP contribution is 2.19. The number of guanidine groups is 1. The number of benzene rings is 1. The van der Waals surface area contributed by atoms with Gasteiger partial charge in [0, 0.05) is 43.9 Å². The lowest BCUT2D eigenvalue weighted by Gasteiger charge is -2.18. The van der Waals surface area contributed by atoms with Crippen molar-refractivity contribution in [3.05, 3.63) is 58.7 Å². The van der Waals surface area contributed by atoms with Crippen LogP contribution in [0.3, 0.4) is 0 Å². The van der Waals surface area contributed by atoms with E-state index in [0.29, 0.717) is 12.4 Å². The van der Waals surface area contributed by atoms with Crippen LogP contribution >= 0.6 is 24.0 Å². The van der Waals surface area contributed by atoms with Crippen LogP contribution < -0.4 is 10.6 Å². The van der Waals surface area contributed by atoms with Crippen LogP contribution in [0.25, 0.3) is 11.5 Å². The molecule has 0 radical (unpaired) electrons. The maximum atomic E-state index is 5.65. The van der Waals surface area contributed by atoms with E-state index in [1.54, 1.807) is 6.26 Å². The summed E-state index contributed by atoms with van der Waals surface area (Å²) in [4.78, 5) is 9.33. The van der Waals surface area contributed by atoms with E-state index in [0.717, 1.165) is 42.3 Å². The summed E-state index contributed by atoms with van der Waals surface area (Å²) >= 11 is 0. The van der Waals surface area contributed by atoms with Gasteiger partial charge in [-0.3, -0.25) is 9.67 Å². The van der Waals surface area contributed by atoms with Crippen LogP contribution in [0.4, 0.5) is 0 Å². The number of rotatable bonds is 8. The third-order valence-electron chi connectivity index (χ3n) is 5.38. The molecular formula is C24H35IN6O. The van der Waals surface area contributed by atoms with E-state index in [2.05, 4.69) is 67.5 Å². The molecule has 0 bridgehead atoms. The minimum Gasteiger partial charge on any atom is -0.444 e. The first-order chi connectivity index (χ1) is 14.9. The van der Waals surface area contributed by atoms with Crippen molar-refractivity contribution in [1.29, 1.82) is 0 Å². The molecule has 7 nitrogen and oxygen atoms in total. The molecule has 0 aliphatic carbocycles. The van der Waals surface area contributed by atoms with Crippen molar-refractivity contribution < 1.29 is 4.42 Å². The van der Waals surface area contributed by atoms with Gasteiger partial charge in [0.1, 0.15) is 6.26 Å². The van der Waals surface area contributed by atoms with E-state index < -0.39 is 0 Å². The lowest BCUT2D eigenvalue weighted by atomic mass is 10.1. The second kappa shape index (κ2) is 12.0. The molecule has 0 amide bonds. The van der Waals surface area contributed by atoms with Crippen LogP contribution in [0.1, 0.15) is 42.1 Å². The number of aryl methyl sites for hydroxylation is 3. The molecule has 1 unspecified atom stereocenters. The lowest BCUT2D eigenvalue weighted by Crippen LogP contribution is -2.43. The van der Waals surface area contributed by atoms with Gasteiger partial charge < -0.3 is 15.1 Å². The first kappa shape index (κ1) is 25.9. The highest BCUT2D eigenvalue weighted by Gasteiger charge is 2.14. The van der Waals surface area contributed by atoms with Crippen molar-refractivity contribution in [1.82, 2.24) is 25.4 Å². The van der Waals surface area contributed by atoms with Crippen molar-refractivity contribution in [2.45, 2.75) is 53.5 Å². The minimum absolute atomic E-state index is 0. The van der Waals surface area contributed by atoms with E-state index >= 15 is 0 Å². The molecule has 2 aromatic heterocycles. The number of halogens is 1. The van der Waals surface area contributed by atoms with Crippen LogP contribution in [0.5, 0.6) is 0 Å². The van der Waals surface area contributed by atoms with Gasteiger partial charge in [-0.2, -0.15) is 5.10 Å². The Bertz CT molecular complexity index is 1020. The smallest absolute Gasteiger partial charge is 0.226 e. The minimum atomic E-state index is 0. The second-order valence-electron chi connectivity index (χ2n) is 8.04. The van der Waals surface area contributed by atoms with Gasteiger partial charge in [0.2, 0.25) is 5.89 Å². The Labute approximate surface area is 208 Å². The first-order valence-corrected chi connectivity index (χ1v) is 10.9.